The fraction of sp³-hybridized carbons (Fsp3) is 0.429. The molecule has 0 saturated carbocycles. The molecular formula is C28H33NO10. The molecular weight excluding hydrogens is 510 g/mol. The van der Waals surface area contributed by atoms with E-state index in [1.54, 1.807) is 18.2 Å². The minimum Gasteiger partial charge on any atom is -0.487 e. The van der Waals surface area contributed by atoms with Crippen molar-refractivity contribution in [3.05, 3.63) is 54.6 Å². The third kappa shape index (κ3) is 8.96. The molecule has 4 rings (SSSR count). The lowest BCUT2D eigenvalue weighted by atomic mass is 10.2. The van der Waals surface area contributed by atoms with E-state index in [2.05, 4.69) is 0 Å². The highest BCUT2D eigenvalue weighted by Gasteiger charge is 2.26. The summed E-state index contributed by atoms with van der Waals surface area (Å²) in [7, 11) is 0. The number of rotatable bonds is 1. The number of imide groups is 1. The number of nitrogens with zero attached hydrogens (tertiary/aromatic N) is 1. The van der Waals surface area contributed by atoms with Gasteiger partial charge in [-0.25, -0.2) is 4.90 Å². The summed E-state index contributed by atoms with van der Waals surface area (Å²) in [6.07, 6.45) is 2.46. The summed E-state index contributed by atoms with van der Waals surface area (Å²) in [6.45, 7) is 4.27. The van der Waals surface area contributed by atoms with Gasteiger partial charge in [0.05, 0.1) is 58.5 Å². The predicted molar refractivity (Wildman–Crippen MR) is 140 cm³/mol. The SMILES string of the molecule is O=C1C=CC(=O)N1c1ccc2c(c1)OCCOCCOCCOc1ccccc1OCCOCCOCCO2. The second-order valence-corrected chi connectivity index (χ2v) is 8.27. The highest BCUT2D eigenvalue weighted by atomic mass is 16.6. The molecule has 0 saturated heterocycles. The number of para-hydroxylation sites is 2. The van der Waals surface area contributed by atoms with E-state index >= 15 is 0 Å². The Morgan fingerprint density at radius 3 is 1.31 bits per heavy atom. The Kier molecular flexibility index (Phi) is 11.4. The molecule has 39 heavy (non-hydrogen) atoms. The first-order valence-corrected chi connectivity index (χ1v) is 12.8. The lowest BCUT2D eigenvalue weighted by molar-refractivity contribution is -0.119. The van der Waals surface area contributed by atoms with E-state index in [1.807, 2.05) is 24.3 Å². The van der Waals surface area contributed by atoms with Gasteiger partial charge in [0.2, 0.25) is 0 Å². The van der Waals surface area contributed by atoms with Gasteiger partial charge in [0.25, 0.3) is 11.8 Å². The number of amides is 2. The maximum Gasteiger partial charge on any atom is 0.258 e. The summed E-state index contributed by atoms with van der Waals surface area (Å²) in [5.41, 5.74) is 0.391. The van der Waals surface area contributed by atoms with Gasteiger partial charge in [-0.2, -0.15) is 0 Å². The van der Waals surface area contributed by atoms with Gasteiger partial charge >= 0.3 is 0 Å². The van der Waals surface area contributed by atoms with Crippen molar-refractivity contribution in [3.8, 4) is 23.0 Å². The smallest absolute Gasteiger partial charge is 0.258 e. The zero-order valence-corrected chi connectivity index (χ0v) is 21.7. The predicted octanol–water partition coefficient (Wildman–Crippen LogP) is 2.41. The van der Waals surface area contributed by atoms with Crippen molar-refractivity contribution in [2.24, 2.45) is 0 Å². The Morgan fingerprint density at radius 2 is 0.846 bits per heavy atom. The minimum absolute atomic E-state index is 0.230. The average Bonchev–Trinajstić information content (AvgIpc) is 3.28. The zero-order chi connectivity index (χ0) is 27.1. The molecule has 0 unspecified atom stereocenters. The molecule has 0 bridgehead atoms. The van der Waals surface area contributed by atoms with Crippen LogP contribution in [-0.4, -0.2) is 91.1 Å². The zero-order valence-electron chi connectivity index (χ0n) is 21.7. The normalized spacial score (nSPS) is 18.9. The van der Waals surface area contributed by atoms with Gasteiger partial charge in [0.1, 0.15) is 26.4 Å². The van der Waals surface area contributed by atoms with Crippen LogP contribution in [0.15, 0.2) is 54.6 Å². The Labute approximate surface area is 227 Å². The van der Waals surface area contributed by atoms with E-state index < -0.39 is 11.8 Å². The minimum atomic E-state index is -0.411. The molecule has 210 valence electrons. The molecule has 0 spiro atoms. The Hall–Kier alpha value is -3.64. The van der Waals surface area contributed by atoms with Gasteiger partial charge in [0, 0.05) is 18.2 Å². The number of anilines is 1. The van der Waals surface area contributed by atoms with Gasteiger partial charge in [-0.3, -0.25) is 9.59 Å². The van der Waals surface area contributed by atoms with Crippen LogP contribution in [-0.2, 0) is 28.5 Å². The molecule has 2 aromatic rings. The van der Waals surface area contributed by atoms with Crippen LogP contribution in [0.2, 0.25) is 0 Å². The summed E-state index contributed by atoms with van der Waals surface area (Å²) in [4.78, 5) is 25.3. The van der Waals surface area contributed by atoms with E-state index in [0.29, 0.717) is 94.8 Å². The highest BCUT2D eigenvalue weighted by Crippen LogP contribution is 2.33. The van der Waals surface area contributed by atoms with Gasteiger partial charge in [-0.1, -0.05) is 12.1 Å². The molecule has 0 atom stereocenters. The van der Waals surface area contributed by atoms with Crippen molar-refractivity contribution in [1.29, 1.82) is 0 Å². The highest BCUT2D eigenvalue weighted by molar-refractivity contribution is 6.28. The van der Waals surface area contributed by atoms with Crippen molar-refractivity contribution in [1.82, 2.24) is 0 Å². The number of hydrogen-bond donors (Lipinski definition) is 0. The number of carbonyl (C=O) groups is 2. The van der Waals surface area contributed by atoms with E-state index in [0.717, 1.165) is 4.90 Å². The topological polar surface area (TPSA) is 111 Å². The molecule has 11 nitrogen and oxygen atoms in total. The first kappa shape index (κ1) is 28.4. The van der Waals surface area contributed by atoms with Crippen LogP contribution in [0.4, 0.5) is 5.69 Å². The molecule has 2 aliphatic rings. The second kappa shape index (κ2) is 15.7. The summed E-state index contributed by atoms with van der Waals surface area (Å²) < 4.78 is 45.6. The van der Waals surface area contributed by atoms with Crippen molar-refractivity contribution < 1.29 is 47.5 Å². The van der Waals surface area contributed by atoms with Gasteiger partial charge in [-0.15, -0.1) is 0 Å². The third-order valence-corrected chi connectivity index (χ3v) is 5.53. The van der Waals surface area contributed by atoms with E-state index in [4.69, 9.17) is 37.9 Å². The van der Waals surface area contributed by atoms with Crippen LogP contribution in [0.25, 0.3) is 0 Å². The lowest BCUT2D eigenvalue weighted by Gasteiger charge is -2.18. The second-order valence-electron chi connectivity index (χ2n) is 8.27. The summed E-state index contributed by atoms with van der Waals surface area (Å²) in [5, 5.41) is 0. The summed E-state index contributed by atoms with van der Waals surface area (Å²) in [6, 6.07) is 12.3. The van der Waals surface area contributed by atoms with Crippen LogP contribution >= 0.6 is 0 Å². The fourth-order valence-electron chi connectivity index (χ4n) is 3.70. The molecule has 0 N–H and O–H groups in total. The summed E-state index contributed by atoms with van der Waals surface area (Å²) in [5.74, 6) is 1.31. The van der Waals surface area contributed by atoms with Crippen molar-refractivity contribution >= 4 is 17.5 Å². The lowest BCUT2D eigenvalue weighted by Crippen LogP contribution is -2.29. The molecule has 0 aliphatic carbocycles. The van der Waals surface area contributed by atoms with Crippen molar-refractivity contribution in [3.63, 3.8) is 0 Å². The number of fused-ring (bicyclic) bond motifs is 2. The fourth-order valence-corrected chi connectivity index (χ4v) is 3.70. The monoisotopic (exact) mass is 543 g/mol. The van der Waals surface area contributed by atoms with Crippen molar-refractivity contribution in [2.45, 2.75) is 0 Å². The van der Waals surface area contributed by atoms with Crippen LogP contribution in [0.3, 0.4) is 0 Å². The molecule has 2 aliphatic heterocycles. The molecule has 0 radical (unpaired) electrons. The first-order chi connectivity index (χ1) is 19.2. The Morgan fingerprint density at radius 1 is 0.462 bits per heavy atom. The third-order valence-electron chi connectivity index (χ3n) is 5.53. The number of benzene rings is 2. The van der Waals surface area contributed by atoms with E-state index in [1.165, 1.54) is 12.2 Å². The molecule has 2 aromatic carbocycles. The van der Waals surface area contributed by atoms with E-state index in [-0.39, 0.29) is 13.2 Å². The molecule has 2 amide bonds. The molecule has 0 fully saturated rings. The largest absolute Gasteiger partial charge is 0.487 e. The van der Waals surface area contributed by atoms with Gasteiger partial charge in [0.15, 0.2) is 23.0 Å². The maximum atomic E-state index is 12.1. The number of carbonyl (C=O) groups excluding carboxylic acids is 2. The van der Waals surface area contributed by atoms with Crippen LogP contribution in [0.5, 0.6) is 23.0 Å². The van der Waals surface area contributed by atoms with Crippen molar-refractivity contribution in [2.75, 3.05) is 84.2 Å². The molecule has 11 heteroatoms. The number of ether oxygens (including phenoxy) is 8. The average molecular weight is 544 g/mol. The van der Waals surface area contributed by atoms with Crippen LogP contribution in [0, 0.1) is 0 Å². The van der Waals surface area contributed by atoms with Gasteiger partial charge < -0.3 is 37.9 Å². The van der Waals surface area contributed by atoms with E-state index in [9.17, 15) is 9.59 Å². The number of hydrogen-bond acceptors (Lipinski definition) is 10. The van der Waals surface area contributed by atoms with Crippen LogP contribution in [0.1, 0.15) is 0 Å². The maximum absolute atomic E-state index is 12.1. The Balaban J connectivity index is 1.31. The van der Waals surface area contributed by atoms with Gasteiger partial charge in [-0.05, 0) is 24.3 Å². The van der Waals surface area contributed by atoms with Crippen LogP contribution < -0.4 is 23.8 Å². The summed E-state index contributed by atoms with van der Waals surface area (Å²) >= 11 is 0. The molecule has 2 heterocycles. The quantitative estimate of drug-likeness (QED) is 0.497. The Bertz CT molecular complexity index is 1090. The standard InChI is InChI=1S/C28H33NO10/c30-27-7-8-28(31)29(27)22-5-6-25-26(21-22)39-20-16-35-12-11-33-14-18-37-24-4-2-1-3-23(24)36-17-13-32-9-10-34-15-19-38-25/h1-8,21H,9-20H2. The molecule has 0 aromatic heterocycles. The first-order valence-electron chi connectivity index (χ1n) is 12.8.